The van der Waals surface area contributed by atoms with Crippen molar-refractivity contribution in [1.29, 1.82) is 0 Å². The number of Topliss-reactive ketones (excluding diaryl/α,β-unsaturated/α-hetero) is 1. The molecule has 0 radical (unpaired) electrons. The zero-order valence-corrected chi connectivity index (χ0v) is 9.25. The van der Waals surface area contributed by atoms with Crippen LogP contribution in [0.1, 0.15) is 39.5 Å². The summed E-state index contributed by atoms with van der Waals surface area (Å²) < 4.78 is 0. The van der Waals surface area contributed by atoms with Crippen LogP contribution in [-0.4, -0.2) is 29.7 Å². The van der Waals surface area contributed by atoms with Crippen LogP contribution in [0.2, 0.25) is 0 Å². The first-order valence-corrected chi connectivity index (χ1v) is 5.26. The molecular formula is C11H19NO2. The van der Waals surface area contributed by atoms with Gasteiger partial charge in [-0.2, -0.15) is 0 Å². The molecule has 0 atom stereocenters. The minimum atomic E-state index is 0.122. The van der Waals surface area contributed by atoms with Crippen LogP contribution in [0.3, 0.4) is 0 Å². The van der Waals surface area contributed by atoms with E-state index in [0.717, 1.165) is 25.7 Å². The topological polar surface area (TPSA) is 37.4 Å². The summed E-state index contributed by atoms with van der Waals surface area (Å²) in [5, 5.41) is 0. The van der Waals surface area contributed by atoms with Gasteiger partial charge in [-0.3, -0.25) is 9.59 Å². The first-order chi connectivity index (χ1) is 6.52. The summed E-state index contributed by atoms with van der Waals surface area (Å²) in [6, 6.07) is 0.350. The fourth-order valence-electron chi connectivity index (χ4n) is 2.13. The van der Waals surface area contributed by atoms with Gasteiger partial charge in [-0.1, -0.05) is 0 Å². The Balaban J connectivity index is 2.43. The van der Waals surface area contributed by atoms with E-state index in [-0.39, 0.29) is 11.8 Å². The normalized spacial score (nSPS) is 27.1. The monoisotopic (exact) mass is 197 g/mol. The highest BCUT2D eigenvalue weighted by Crippen LogP contribution is 2.27. The zero-order chi connectivity index (χ0) is 10.7. The van der Waals surface area contributed by atoms with Crippen LogP contribution in [0, 0.1) is 5.92 Å². The Bertz CT molecular complexity index is 229. The van der Waals surface area contributed by atoms with E-state index < -0.39 is 0 Å². The van der Waals surface area contributed by atoms with Crippen molar-refractivity contribution in [2.24, 2.45) is 5.92 Å². The third kappa shape index (κ3) is 2.56. The highest BCUT2D eigenvalue weighted by Gasteiger charge is 2.26. The van der Waals surface area contributed by atoms with E-state index in [1.165, 1.54) is 0 Å². The average Bonchev–Trinajstić information content (AvgIpc) is 2.16. The van der Waals surface area contributed by atoms with Crippen molar-refractivity contribution < 1.29 is 9.59 Å². The molecule has 80 valence electrons. The molecule has 1 amide bonds. The highest BCUT2D eigenvalue weighted by atomic mass is 16.2. The maximum Gasteiger partial charge on any atom is 0.219 e. The minimum Gasteiger partial charge on any atom is -0.343 e. The maximum absolute atomic E-state index is 11.1. The number of carbonyl (C=O) groups is 2. The molecule has 3 nitrogen and oxygen atoms in total. The lowest BCUT2D eigenvalue weighted by Gasteiger charge is -2.33. The van der Waals surface area contributed by atoms with Crippen LogP contribution in [-0.2, 0) is 9.59 Å². The van der Waals surface area contributed by atoms with Crippen molar-refractivity contribution in [3.05, 3.63) is 0 Å². The Hall–Kier alpha value is -0.860. The van der Waals surface area contributed by atoms with Crippen LogP contribution in [0.15, 0.2) is 0 Å². The van der Waals surface area contributed by atoms with E-state index in [2.05, 4.69) is 0 Å². The molecule has 1 rings (SSSR count). The lowest BCUT2D eigenvalue weighted by atomic mass is 9.83. The Kier molecular flexibility index (Phi) is 3.67. The summed E-state index contributed by atoms with van der Waals surface area (Å²) in [6.45, 7) is 3.26. The average molecular weight is 197 g/mol. The Morgan fingerprint density at radius 2 is 1.57 bits per heavy atom. The number of ketones is 1. The van der Waals surface area contributed by atoms with Crippen molar-refractivity contribution in [3.8, 4) is 0 Å². The van der Waals surface area contributed by atoms with Crippen LogP contribution < -0.4 is 0 Å². The number of carbonyl (C=O) groups excluding carboxylic acids is 2. The van der Waals surface area contributed by atoms with Gasteiger partial charge in [0.15, 0.2) is 0 Å². The summed E-state index contributed by atoms with van der Waals surface area (Å²) in [5.74, 6) is 0.664. The molecule has 14 heavy (non-hydrogen) atoms. The zero-order valence-electron chi connectivity index (χ0n) is 9.25. The van der Waals surface area contributed by atoms with Crippen molar-refractivity contribution in [2.75, 3.05) is 7.05 Å². The summed E-state index contributed by atoms with van der Waals surface area (Å²) in [6.07, 6.45) is 3.83. The van der Waals surface area contributed by atoms with Crippen molar-refractivity contribution in [2.45, 2.75) is 45.6 Å². The van der Waals surface area contributed by atoms with Crippen molar-refractivity contribution in [1.82, 2.24) is 4.90 Å². The van der Waals surface area contributed by atoms with Crippen LogP contribution >= 0.6 is 0 Å². The third-order valence-corrected chi connectivity index (χ3v) is 3.32. The standard InChI is InChI=1S/C11H19NO2/c1-8(13)10-4-6-11(7-5-10)12(3)9(2)14/h10-11H,4-7H2,1-3H3/t10-,11-. The second-order valence-electron chi connectivity index (χ2n) is 4.25. The smallest absolute Gasteiger partial charge is 0.219 e. The van der Waals surface area contributed by atoms with Gasteiger partial charge in [0.2, 0.25) is 5.91 Å². The van der Waals surface area contributed by atoms with Crippen molar-refractivity contribution >= 4 is 11.7 Å². The Morgan fingerprint density at radius 1 is 1.07 bits per heavy atom. The molecule has 0 aromatic rings. The molecule has 1 aliphatic rings. The molecule has 0 aliphatic heterocycles. The molecule has 0 aromatic carbocycles. The predicted molar refractivity (Wildman–Crippen MR) is 54.9 cm³/mol. The van der Waals surface area contributed by atoms with Crippen LogP contribution in [0.5, 0.6) is 0 Å². The van der Waals surface area contributed by atoms with Gasteiger partial charge >= 0.3 is 0 Å². The number of hydrogen-bond donors (Lipinski definition) is 0. The molecular weight excluding hydrogens is 178 g/mol. The fourth-order valence-corrected chi connectivity index (χ4v) is 2.13. The van der Waals surface area contributed by atoms with E-state index in [1.807, 2.05) is 7.05 Å². The Morgan fingerprint density at radius 3 is 1.93 bits per heavy atom. The molecule has 1 fully saturated rings. The van der Waals surface area contributed by atoms with Gasteiger partial charge < -0.3 is 4.90 Å². The number of rotatable bonds is 2. The number of hydrogen-bond acceptors (Lipinski definition) is 2. The summed E-state index contributed by atoms with van der Waals surface area (Å²) in [7, 11) is 1.85. The predicted octanol–water partition coefficient (Wildman–Crippen LogP) is 1.61. The summed E-state index contributed by atoms with van der Waals surface area (Å²) >= 11 is 0. The summed E-state index contributed by atoms with van der Waals surface area (Å²) in [5.41, 5.74) is 0. The third-order valence-electron chi connectivity index (χ3n) is 3.32. The van der Waals surface area contributed by atoms with Gasteiger partial charge in [0.05, 0.1) is 0 Å². The van der Waals surface area contributed by atoms with Crippen LogP contribution in [0.4, 0.5) is 0 Å². The molecule has 0 saturated heterocycles. The lowest BCUT2D eigenvalue weighted by molar-refractivity contribution is -0.130. The van der Waals surface area contributed by atoms with Gasteiger partial charge in [-0.25, -0.2) is 0 Å². The van der Waals surface area contributed by atoms with E-state index in [9.17, 15) is 9.59 Å². The molecule has 0 bridgehead atoms. The second kappa shape index (κ2) is 4.58. The molecule has 0 heterocycles. The highest BCUT2D eigenvalue weighted by molar-refractivity contribution is 5.78. The largest absolute Gasteiger partial charge is 0.343 e. The number of amides is 1. The molecule has 1 aliphatic carbocycles. The van der Waals surface area contributed by atoms with E-state index in [4.69, 9.17) is 0 Å². The maximum atomic E-state index is 11.1. The molecule has 0 N–H and O–H groups in total. The molecule has 0 aromatic heterocycles. The van der Waals surface area contributed by atoms with E-state index >= 15 is 0 Å². The van der Waals surface area contributed by atoms with Crippen molar-refractivity contribution in [3.63, 3.8) is 0 Å². The van der Waals surface area contributed by atoms with E-state index in [1.54, 1.807) is 18.7 Å². The lowest BCUT2D eigenvalue weighted by Crippen LogP contribution is -2.38. The van der Waals surface area contributed by atoms with Gasteiger partial charge in [0.25, 0.3) is 0 Å². The van der Waals surface area contributed by atoms with Gasteiger partial charge in [-0.15, -0.1) is 0 Å². The molecule has 3 heteroatoms. The SMILES string of the molecule is CC(=O)N(C)[C@H]1CC[C@H](C(C)=O)CC1. The minimum absolute atomic E-state index is 0.122. The second-order valence-corrected chi connectivity index (χ2v) is 4.25. The first-order valence-electron chi connectivity index (χ1n) is 5.26. The Labute approximate surface area is 85.5 Å². The molecule has 0 unspecified atom stereocenters. The quantitative estimate of drug-likeness (QED) is 0.674. The van der Waals surface area contributed by atoms with E-state index in [0.29, 0.717) is 11.8 Å². The first kappa shape index (κ1) is 11.2. The van der Waals surface area contributed by atoms with Gasteiger partial charge in [0.1, 0.15) is 5.78 Å². The number of nitrogens with zero attached hydrogens (tertiary/aromatic N) is 1. The van der Waals surface area contributed by atoms with Crippen LogP contribution in [0.25, 0.3) is 0 Å². The molecule has 0 spiro atoms. The fraction of sp³-hybridized carbons (Fsp3) is 0.818. The van der Waals surface area contributed by atoms with Gasteiger partial charge in [0, 0.05) is 25.9 Å². The molecule has 1 saturated carbocycles. The van der Waals surface area contributed by atoms with Gasteiger partial charge in [-0.05, 0) is 32.6 Å². The summed E-state index contributed by atoms with van der Waals surface area (Å²) in [4.78, 5) is 24.0.